The molecule has 0 fully saturated rings. The van der Waals surface area contributed by atoms with Crippen molar-refractivity contribution in [1.29, 1.82) is 0 Å². The molecule has 5 heteroatoms. The van der Waals surface area contributed by atoms with Crippen molar-refractivity contribution in [2.45, 2.75) is 39.8 Å². The summed E-state index contributed by atoms with van der Waals surface area (Å²) >= 11 is 0. The molecule has 0 bridgehead atoms. The topological polar surface area (TPSA) is 55.9 Å². The molecule has 0 saturated heterocycles. The Labute approximate surface area is 107 Å². The molecule has 2 aromatic heterocycles. The van der Waals surface area contributed by atoms with Gasteiger partial charge in [-0.15, -0.1) is 0 Å². The highest BCUT2D eigenvalue weighted by Crippen LogP contribution is 2.16. The summed E-state index contributed by atoms with van der Waals surface area (Å²) in [4.78, 5) is 4.23. The lowest BCUT2D eigenvalue weighted by atomic mass is 10.1. The summed E-state index contributed by atoms with van der Waals surface area (Å²) in [5.41, 5.74) is 2.26. The molecule has 1 atom stereocenters. The standard InChI is InChI=1S/C13H20N4O/c1-5-11-6-15-13(18-11)7-14-9(2)12-8-17(4)16-10(12)3/h6,8-9,14H,5,7H2,1-4H3. The monoisotopic (exact) mass is 248 g/mol. The van der Waals surface area contributed by atoms with Gasteiger partial charge in [0.1, 0.15) is 5.76 Å². The van der Waals surface area contributed by atoms with Gasteiger partial charge in [-0.25, -0.2) is 4.98 Å². The Morgan fingerprint density at radius 1 is 1.50 bits per heavy atom. The summed E-state index contributed by atoms with van der Waals surface area (Å²) in [6.45, 7) is 6.83. The van der Waals surface area contributed by atoms with Gasteiger partial charge in [-0.05, 0) is 13.8 Å². The maximum absolute atomic E-state index is 5.56. The van der Waals surface area contributed by atoms with Crippen LogP contribution in [0.3, 0.4) is 0 Å². The molecule has 2 aromatic rings. The van der Waals surface area contributed by atoms with Gasteiger partial charge in [-0.2, -0.15) is 5.10 Å². The maximum atomic E-state index is 5.56. The Morgan fingerprint density at radius 2 is 2.28 bits per heavy atom. The van der Waals surface area contributed by atoms with Crippen LogP contribution in [0.5, 0.6) is 0 Å². The highest BCUT2D eigenvalue weighted by molar-refractivity contribution is 5.19. The molecule has 0 aliphatic rings. The van der Waals surface area contributed by atoms with Crippen molar-refractivity contribution in [3.63, 3.8) is 0 Å². The Morgan fingerprint density at radius 3 is 2.83 bits per heavy atom. The Bertz CT molecular complexity index is 515. The number of aryl methyl sites for hydroxylation is 3. The van der Waals surface area contributed by atoms with Crippen molar-refractivity contribution in [3.8, 4) is 0 Å². The minimum absolute atomic E-state index is 0.232. The van der Waals surface area contributed by atoms with E-state index in [0.717, 1.165) is 23.8 Å². The Balaban J connectivity index is 1.95. The first-order valence-corrected chi connectivity index (χ1v) is 6.27. The molecule has 2 heterocycles. The quantitative estimate of drug-likeness (QED) is 0.880. The molecular weight excluding hydrogens is 228 g/mol. The first kappa shape index (κ1) is 12.8. The van der Waals surface area contributed by atoms with Gasteiger partial charge in [-0.1, -0.05) is 6.92 Å². The summed E-state index contributed by atoms with van der Waals surface area (Å²) in [5.74, 6) is 1.66. The first-order valence-electron chi connectivity index (χ1n) is 6.27. The molecular formula is C13H20N4O. The van der Waals surface area contributed by atoms with Crippen LogP contribution in [0.25, 0.3) is 0 Å². The molecule has 5 nitrogen and oxygen atoms in total. The lowest BCUT2D eigenvalue weighted by Gasteiger charge is -2.11. The second kappa shape index (κ2) is 5.35. The van der Waals surface area contributed by atoms with E-state index in [9.17, 15) is 0 Å². The molecule has 0 aromatic carbocycles. The minimum Gasteiger partial charge on any atom is -0.444 e. The largest absolute Gasteiger partial charge is 0.444 e. The Hall–Kier alpha value is -1.62. The van der Waals surface area contributed by atoms with Gasteiger partial charge >= 0.3 is 0 Å². The summed E-state index contributed by atoms with van der Waals surface area (Å²) in [7, 11) is 1.94. The third-order valence-electron chi connectivity index (χ3n) is 3.03. The third kappa shape index (κ3) is 2.79. The van der Waals surface area contributed by atoms with Crippen LogP contribution in [0.15, 0.2) is 16.8 Å². The van der Waals surface area contributed by atoms with Crippen LogP contribution >= 0.6 is 0 Å². The lowest BCUT2D eigenvalue weighted by Crippen LogP contribution is -2.18. The molecule has 0 spiro atoms. The van der Waals surface area contributed by atoms with Crippen LogP contribution in [0.4, 0.5) is 0 Å². The van der Waals surface area contributed by atoms with E-state index in [1.807, 2.05) is 24.9 Å². The predicted molar refractivity (Wildman–Crippen MR) is 69.1 cm³/mol. The van der Waals surface area contributed by atoms with Crippen molar-refractivity contribution < 1.29 is 4.42 Å². The molecule has 1 unspecified atom stereocenters. The van der Waals surface area contributed by atoms with Crippen LogP contribution < -0.4 is 5.32 Å². The van der Waals surface area contributed by atoms with Gasteiger partial charge in [0, 0.05) is 31.3 Å². The van der Waals surface area contributed by atoms with Crippen molar-refractivity contribution in [2.24, 2.45) is 7.05 Å². The van der Waals surface area contributed by atoms with Gasteiger partial charge in [0.15, 0.2) is 0 Å². The number of oxazole rings is 1. The smallest absolute Gasteiger partial charge is 0.208 e. The van der Waals surface area contributed by atoms with E-state index in [1.165, 1.54) is 5.56 Å². The second-order valence-electron chi connectivity index (χ2n) is 4.52. The summed E-state index contributed by atoms with van der Waals surface area (Å²) in [5, 5.41) is 7.74. The van der Waals surface area contributed by atoms with Crippen molar-refractivity contribution >= 4 is 0 Å². The number of nitrogens with zero attached hydrogens (tertiary/aromatic N) is 3. The van der Waals surface area contributed by atoms with E-state index in [-0.39, 0.29) is 6.04 Å². The number of hydrogen-bond acceptors (Lipinski definition) is 4. The fraction of sp³-hybridized carbons (Fsp3) is 0.538. The molecule has 0 radical (unpaired) electrons. The summed E-state index contributed by atoms with van der Waals surface area (Å²) in [6, 6.07) is 0.232. The molecule has 0 saturated carbocycles. The van der Waals surface area contributed by atoms with Gasteiger partial charge in [-0.3, -0.25) is 4.68 Å². The van der Waals surface area contributed by atoms with Crippen LogP contribution in [0.2, 0.25) is 0 Å². The summed E-state index contributed by atoms with van der Waals surface area (Å²) < 4.78 is 7.40. The van der Waals surface area contributed by atoms with Gasteiger partial charge in [0.2, 0.25) is 5.89 Å². The fourth-order valence-corrected chi connectivity index (χ4v) is 1.99. The SMILES string of the molecule is CCc1cnc(CNC(C)c2cn(C)nc2C)o1. The Kier molecular flexibility index (Phi) is 3.81. The van der Waals surface area contributed by atoms with Gasteiger partial charge < -0.3 is 9.73 Å². The molecule has 18 heavy (non-hydrogen) atoms. The first-order chi connectivity index (χ1) is 8.60. The van der Waals surface area contributed by atoms with Crippen molar-refractivity contribution in [2.75, 3.05) is 0 Å². The van der Waals surface area contributed by atoms with Gasteiger partial charge in [0.05, 0.1) is 18.4 Å². The van der Waals surface area contributed by atoms with Crippen molar-refractivity contribution in [1.82, 2.24) is 20.1 Å². The minimum atomic E-state index is 0.232. The number of hydrogen-bond donors (Lipinski definition) is 1. The number of aromatic nitrogens is 3. The highest BCUT2D eigenvalue weighted by atomic mass is 16.4. The molecule has 1 N–H and O–H groups in total. The molecule has 0 aliphatic carbocycles. The van der Waals surface area contributed by atoms with Crippen LogP contribution in [-0.4, -0.2) is 14.8 Å². The van der Waals surface area contributed by atoms with Crippen LogP contribution in [0, 0.1) is 6.92 Å². The lowest BCUT2D eigenvalue weighted by molar-refractivity contribution is 0.424. The average Bonchev–Trinajstić information content (AvgIpc) is 2.92. The van der Waals surface area contributed by atoms with E-state index in [4.69, 9.17) is 4.42 Å². The van der Waals surface area contributed by atoms with Crippen LogP contribution in [0.1, 0.15) is 42.8 Å². The third-order valence-corrected chi connectivity index (χ3v) is 3.03. The van der Waals surface area contributed by atoms with E-state index in [2.05, 4.69) is 29.2 Å². The average molecular weight is 248 g/mol. The molecule has 98 valence electrons. The highest BCUT2D eigenvalue weighted by Gasteiger charge is 2.12. The fourth-order valence-electron chi connectivity index (χ4n) is 1.99. The second-order valence-corrected chi connectivity index (χ2v) is 4.52. The normalized spacial score (nSPS) is 12.9. The molecule has 2 rings (SSSR count). The summed E-state index contributed by atoms with van der Waals surface area (Å²) in [6.07, 6.45) is 4.71. The number of rotatable bonds is 5. The zero-order chi connectivity index (χ0) is 13.1. The van der Waals surface area contributed by atoms with E-state index >= 15 is 0 Å². The molecule has 0 aliphatic heterocycles. The zero-order valence-electron chi connectivity index (χ0n) is 11.4. The number of nitrogens with one attached hydrogen (secondary N) is 1. The van der Waals surface area contributed by atoms with Gasteiger partial charge in [0.25, 0.3) is 0 Å². The molecule has 0 amide bonds. The maximum Gasteiger partial charge on any atom is 0.208 e. The van der Waals surface area contributed by atoms with Crippen LogP contribution in [-0.2, 0) is 20.0 Å². The van der Waals surface area contributed by atoms with Crippen molar-refractivity contribution in [3.05, 3.63) is 35.3 Å². The van der Waals surface area contributed by atoms with E-state index in [1.54, 1.807) is 6.20 Å². The zero-order valence-corrected chi connectivity index (χ0v) is 11.4. The van der Waals surface area contributed by atoms with E-state index in [0.29, 0.717) is 6.54 Å². The predicted octanol–water partition coefficient (Wildman–Crippen LogP) is 2.13. The van der Waals surface area contributed by atoms with E-state index < -0.39 is 0 Å².